The molecule has 0 saturated heterocycles. The van der Waals surface area contributed by atoms with E-state index in [1.54, 1.807) is 24.3 Å². The monoisotopic (exact) mass is 235 g/mol. The van der Waals surface area contributed by atoms with Gasteiger partial charge in [-0.3, -0.25) is 14.9 Å². The summed E-state index contributed by atoms with van der Waals surface area (Å²) in [7, 11) is 0. The van der Waals surface area contributed by atoms with E-state index in [0.29, 0.717) is 12.1 Å². The minimum atomic E-state index is -0.295. The fourth-order valence-corrected chi connectivity index (χ4v) is 1.44. The number of nitrogens with one attached hydrogen (secondary N) is 2. The first-order chi connectivity index (χ1) is 7.65. The third-order valence-corrected chi connectivity index (χ3v) is 2.28. The highest BCUT2D eigenvalue weighted by molar-refractivity contribution is 7.71. The van der Waals surface area contributed by atoms with Crippen LogP contribution >= 0.6 is 12.2 Å². The predicted molar refractivity (Wildman–Crippen MR) is 61.0 cm³/mol. The molecular weight excluding hydrogens is 226 g/mol. The first-order valence-electron chi connectivity index (χ1n) is 4.61. The van der Waals surface area contributed by atoms with E-state index in [-0.39, 0.29) is 16.1 Å². The zero-order valence-electron chi connectivity index (χ0n) is 8.23. The Hall–Kier alpha value is -1.95. The third kappa shape index (κ3) is 2.34. The van der Waals surface area contributed by atoms with Crippen molar-refractivity contribution in [2.45, 2.75) is 6.42 Å². The lowest BCUT2D eigenvalue weighted by atomic mass is 10.1. The molecule has 0 amide bonds. The van der Waals surface area contributed by atoms with Crippen molar-refractivity contribution < 1.29 is 5.11 Å². The van der Waals surface area contributed by atoms with Crippen LogP contribution in [0.15, 0.2) is 29.1 Å². The normalized spacial score (nSPS) is 10.2. The number of H-pyrrole nitrogens is 2. The number of aromatic nitrogens is 3. The fraction of sp³-hybridized carbons (Fsp3) is 0.100. The number of phenolic OH excluding ortho intramolecular Hbond substituents is 1. The Labute approximate surface area is 95.8 Å². The van der Waals surface area contributed by atoms with E-state index in [2.05, 4.69) is 15.2 Å². The van der Waals surface area contributed by atoms with Crippen molar-refractivity contribution in [3.8, 4) is 5.75 Å². The fourth-order valence-electron chi connectivity index (χ4n) is 1.30. The molecule has 5 nitrogen and oxygen atoms in total. The largest absolute Gasteiger partial charge is 0.508 e. The van der Waals surface area contributed by atoms with Crippen LogP contribution in [0.25, 0.3) is 0 Å². The second-order valence-electron chi connectivity index (χ2n) is 3.30. The number of phenols is 1. The van der Waals surface area contributed by atoms with Gasteiger partial charge in [0, 0.05) is 6.42 Å². The van der Waals surface area contributed by atoms with Gasteiger partial charge in [0.25, 0.3) is 5.56 Å². The molecular formula is C10H9N3O2S. The Morgan fingerprint density at radius 1 is 1.31 bits per heavy atom. The molecule has 0 aliphatic rings. The maximum absolute atomic E-state index is 11.5. The van der Waals surface area contributed by atoms with Gasteiger partial charge in [0.1, 0.15) is 11.4 Å². The van der Waals surface area contributed by atoms with Crippen LogP contribution in [0.4, 0.5) is 0 Å². The van der Waals surface area contributed by atoms with Gasteiger partial charge in [-0.2, -0.15) is 5.10 Å². The molecule has 0 radical (unpaired) electrons. The number of hydrogen-bond acceptors (Lipinski definition) is 4. The van der Waals surface area contributed by atoms with E-state index in [1.807, 2.05) is 0 Å². The van der Waals surface area contributed by atoms with Crippen LogP contribution < -0.4 is 5.56 Å². The lowest BCUT2D eigenvalue weighted by Crippen LogP contribution is -2.16. The maximum atomic E-state index is 11.5. The molecule has 0 aliphatic carbocycles. The Kier molecular flexibility index (Phi) is 2.82. The minimum absolute atomic E-state index is 0.193. The van der Waals surface area contributed by atoms with Crippen molar-refractivity contribution in [3.05, 3.63) is 50.6 Å². The first-order valence-corrected chi connectivity index (χ1v) is 5.02. The highest BCUT2D eigenvalue weighted by Crippen LogP contribution is 2.11. The minimum Gasteiger partial charge on any atom is -0.508 e. The van der Waals surface area contributed by atoms with E-state index in [1.165, 1.54) is 0 Å². The molecule has 0 fully saturated rings. The van der Waals surface area contributed by atoms with Gasteiger partial charge >= 0.3 is 0 Å². The first kappa shape index (κ1) is 10.6. The van der Waals surface area contributed by atoms with Crippen molar-refractivity contribution in [3.63, 3.8) is 0 Å². The molecule has 0 bridgehead atoms. The molecule has 0 spiro atoms. The van der Waals surface area contributed by atoms with Gasteiger partial charge in [0.05, 0.1) is 0 Å². The number of aromatic hydroxyl groups is 1. The number of nitrogens with zero attached hydrogens (tertiary/aromatic N) is 1. The second kappa shape index (κ2) is 4.28. The van der Waals surface area contributed by atoms with Crippen LogP contribution in [0.3, 0.4) is 0 Å². The summed E-state index contributed by atoms with van der Waals surface area (Å²) in [4.78, 5) is 13.9. The van der Waals surface area contributed by atoms with Gasteiger partial charge in [0.2, 0.25) is 0 Å². The van der Waals surface area contributed by atoms with Crippen LogP contribution in [-0.2, 0) is 6.42 Å². The Bertz CT molecular complexity index is 600. The summed E-state index contributed by atoms with van der Waals surface area (Å²) in [6, 6.07) is 6.60. The smallest absolute Gasteiger partial charge is 0.273 e. The molecule has 3 N–H and O–H groups in total. The SMILES string of the molecule is O=c1[nH]c(=S)[nH]nc1Cc1ccc(O)cc1. The lowest BCUT2D eigenvalue weighted by molar-refractivity contribution is 0.475. The summed E-state index contributed by atoms with van der Waals surface area (Å²) in [6.45, 7) is 0. The summed E-state index contributed by atoms with van der Waals surface area (Å²) < 4.78 is 0.208. The van der Waals surface area contributed by atoms with Crippen molar-refractivity contribution in [1.29, 1.82) is 0 Å². The Balaban J connectivity index is 2.30. The molecule has 1 aromatic carbocycles. The van der Waals surface area contributed by atoms with E-state index < -0.39 is 0 Å². The average Bonchev–Trinajstić information content (AvgIpc) is 2.25. The lowest BCUT2D eigenvalue weighted by Gasteiger charge is -1.99. The van der Waals surface area contributed by atoms with Crippen molar-refractivity contribution in [1.82, 2.24) is 15.2 Å². The Morgan fingerprint density at radius 2 is 2.00 bits per heavy atom. The Morgan fingerprint density at radius 3 is 2.62 bits per heavy atom. The van der Waals surface area contributed by atoms with Crippen LogP contribution in [0.1, 0.15) is 11.3 Å². The predicted octanol–water partition coefficient (Wildman–Crippen LogP) is 1.12. The number of benzene rings is 1. The van der Waals surface area contributed by atoms with Gasteiger partial charge < -0.3 is 5.11 Å². The summed E-state index contributed by atoms with van der Waals surface area (Å²) in [5.74, 6) is 0.193. The molecule has 2 aromatic rings. The molecule has 1 heterocycles. The molecule has 0 saturated carbocycles. The molecule has 82 valence electrons. The van der Waals surface area contributed by atoms with Crippen LogP contribution in [0.2, 0.25) is 0 Å². The van der Waals surface area contributed by atoms with Crippen LogP contribution in [0, 0.1) is 4.77 Å². The number of rotatable bonds is 2. The summed E-state index contributed by atoms with van der Waals surface area (Å²) in [6.07, 6.45) is 0.391. The van der Waals surface area contributed by atoms with Crippen molar-refractivity contribution in [2.24, 2.45) is 0 Å². The third-order valence-electron chi connectivity index (χ3n) is 2.09. The van der Waals surface area contributed by atoms with Crippen LogP contribution in [0.5, 0.6) is 5.75 Å². The van der Waals surface area contributed by atoms with E-state index in [4.69, 9.17) is 17.3 Å². The van der Waals surface area contributed by atoms with Gasteiger partial charge in [-0.15, -0.1) is 0 Å². The zero-order chi connectivity index (χ0) is 11.5. The molecule has 0 atom stereocenters. The molecule has 6 heteroatoms. The second-order valence-corrected chi connectivity index (χ2v) is 3.71. The zero-order valence-corrected chi connectivity index (χ0v) is 9.04. The average molecular weight is 235 g/mol. The molecule has 1 aromatic heterocycles. The maximum Gasteiger partial charge on any atom is 0.273 e. The highest BCUT2D eigenvalue weighted by Gasteiger charge is 2.03. The molecule has 0 unspecified atom stereocenters. The van der Waals surface area contributed by atoms with Gasteiger partial charge in [-0.05, 0) is 29.9 Å². The standard InChI is InChI=1S/C10H9N3O2S/c14-7-3-1-6(2-4-7)5-8-9(15)11-10(16)13-12-8/h1-4,14H,5H2,(H2,11,13,15,16). The van der Waals surface area contributed by atoms with E-state index >= 15 is 0 Å². The quantitative estimate of drug-likeness (QED) is 0.681. The van der Waals surface area contributed by atoms with Gasteiger partial charge in [-0.25, -0.2) is 0 Å². The van der Waals surface area contributed by atoms with E-state index in [0.717, 1.165) is 5.56 Å². The van der Waals surface area contributed by atoms with Crippen molar-refractivity contribution >= 4 is 12.2 Å². The molecule has 2 rings (SSSR count). The van der Waals surface area contributed by atoms with Gasteiger partial charge in [0.15, 0.2) is 4.77 Å². The van der Waals surface area contributed by atoms with E-state index in [9.17, 15) is 4.79 Å². The van der Waals surface area contributed by atoms with Crippen LogP contribution in [-0.4, -0.2) is 20.3 Å². The van der Waals surface area contributed by atoms with Gasteiger partial charge in [-0.1, -0.05) is 12.1 Å². The number of hydrogen-bond donors (Lipinski definition) is 3. The molecule has 16 heavy (non-hydrogen) atoms. The van der Waals surface area contributed by atoms with Crippen molar-refractivity contribution in [2.75, 3.05) is 0 Å². The summed E-state index contributed by atoms with van der Waals surface area (Å²) in [5, 5.41) is 15.5. The summed E-state index contributed by atoms with van der Waals surface area (Å²) in [5.41, 5.74) is 0.956. The summed E-state index contributed by atoms with van der Waals surface area (Å²) >= 11 is 4.73. The highest BCUT2D eigenvalue weighted by atomic mass is 32.1. The number of aromatic amines is 2. The topological polar surface area (TPSA) is 81.8 Å². The molecule has 0 aliphatic heterocycles.